The van der Waals surface area contributed by atoms with Crippen molar-refractivity contribution in [2.24, 2.45) is 0 Å². The maximum absolute atomic E-state index is 12.4. The summed E-state index contributed by atoms with van der Waals surface area (Å²) in [6, 6.07) is 22.6. The molecule has 0 spiro atoms. The van der Waals surface area contributed by atoms with Gasteiger partial charge < -0.3 is 5.32 Å². The highest BCUT2D eigenvalue weighted by atomic mass is 16.1. The van der Waals surface area contributed by atoms with Gasteiger partial charge in [0, 0.05) is 12.1 Å². The topological polar surface area (TPSA) is 88.7 Å². The van der Waals surface area contributed by atoms with Crippen LogP contribution in [0, 0.1) is 22.7 Å². The van der Waals surface area contributed by atoms with E-state index in [2.05, 4.69) is 10.6 Å². The van der Waals surface area contributed by atoms with Crippen molar-refractivity contribution in [2.45, 2.75) is 25.6 Å². The Kier molecular flexibility index (Phi) is 7.61. The third-order valence-electron chi connectivity index (χ3n) is 3.78. The first kappa shape index (κ1) is 18.9. The van der Waals surface area contributed by atoms with Crippen LogP contribution < -0.4 is 10.6 Å². The number of hydrogen-bond acceptors (Lipinski definition) is 4. The van der Waals surface area contributed by atoms with Crippen molar-refractivity contribution >= 4 is 5.91 Å². The summed E-state index contributed by atoms with van der Waals surface area (Å²) in [5.74, 6) is -0.166. The molecular weight excluding hydrogens is 324 g/mol. The van der Waals surface area contributed by atoms with Crippen LogP contribution in [0.25, 0.3) is 0 Å². The van der Waals surface area contributed by atoms with E-state index in [0.717, 1.165) is 5.56 Å². The molecule has 2 aromatic rings. The molecule has 5 nitrogen and oxygen atoms in total. The normalized spacial score (nSPS) is 10.8. The fraction of sp³-hybridized carbons (Fsp3) is 0.190. The molecule has 0 aliphatic carbocycles. The molecule has 5 heteroatoms. The van der Waals surface area contributed by atoms with Gasteiger partial charge in [-0.3, -0.25) is 10.1 Å². The van der Waals surface area contributed by atoms with Gasteiger partial charge in [-0.15, -0.1) is 0 Å². The number of benzene rings is 2. The van der Waals surface area contributed by atoms with E-state index >= 15 is 0 Å². The fourth-order valence-electron chi connectivity index (χ4n) is 2.40. The van der Waals surface area contributed by atoms with Gasteiger partial charge in [0.15, 0.2) is 0 Å². The van der Waals surface area contributed by atoms with Gasteiger partial charge in [-0.2, -0.15) is 10.5 Å². The molecule has 0 saturated heterocycles. The summed E-state index contributed by atoms with van der Waals surface area (Å²) in [5, 5.41) is 23.9. The molecule has 2 N–H and O–H groups in total. The SMILES string of the molecule is N#CC(C#N)=CCCC(NCc1ccccc1)NC(=O)c1ccccc1. The molecule has 0 aromatic heterocycles. The van der Waals surface area contributed by atoms with E-state index in [0.29, 0.717) is 24.9 Å². The van der Waals surface area contributed by atoms with E-state index in [1.54, 1.807) is 18.2 Å². The number of nitriles is 2. The minimum Gasteiger partial charge on any atom is -0.337 e. The summed E-state index contributed by atoms with van der Waals surface area (Å²) in [5.41, 5.74) is 1.78. The lowest BCUT2D eigenvalue weighted by atomic mass is 10.1. The Morgan fingerprint density at radius 2 is 1.62 bits per heavy atom. The molecule has 0 fully saturated rings. The lowest BCUT2D eigenvalue weighted by molar-refractivity contribution is 0.0926. The van der Waals surface area contributed by atoms with Gasteiger partial charge in [0.25, 0.3) is 5.91 Å². The molecule has 0 aliphatic heterocycles. The number of rotatable bonds is 8. The lowest BCUT2D eigenvalue weighted by Gasteiger charge is -2.20. The zero-order valence-electron chi connectivity index (χ0n) is 14.4. The first-order valence-electron chi connectivity index (χ1n) is 8.36. The van der Waals surface area contributed by atoms with Crippen LogP contribution in [0.3, 0.4) is 0 Å². The molecule has 0 saturated carbocycles. The Bertz CT molecular complexity index is 801. The standard InChI is InChI=1S/C21H20N4O/c22-14-18(15-23)10-7-13-20(24-16-17-8-3-1-4-9-17)25-21(26)19-11-5-2-6-12-19/h1-6,8-12,20,24H,7,13,16H2,(H,25,26). The average molecular weight is 344 g/mol. The van der Waals surface area contributed by atoms with Gasteiger partial charge in [0.05, 0.1) is 6.17 Å². The molecule has 0 aliphatic rings. The maximum atomic E-state index is 12.4. The number of carbonyl (C=O) groups excluding carboxylic acids is 1. The zero-order valence-corrected chi connectivity index (χ0v) is 14.4. The van der Waals surface area contributed by atoms with Crippen LogP contribution in [0.1, 0.15) is 28.8 Å². The highest BCUT2D eigenvalue weighted by Crippen LogP contribution is 2.05. The third-order valence-corrected chi connectivity index (χ3v) is 3.78. The van der Waals surface area contributed by atoms with E-state index in [1.807, 2.05) is 60.7 Å². The monoisotopic (exact) mass is 344 g/mol. The van der Waals surface area contributed by atoms with E-state index < -0.39 is 0 Å². The Hall–Kier alpha value is -3.41. The molecule has 130 valence electrons. The summed E-state index contributed by atoms with van der Waals surface area (Å²) >= 11 is 0. The predicted octanol–water partition coefficient (Wildman–Crippen LogP) is 3.29. The van der Waals surface area contributed by atoms with Crippen LogP contribution in [0.15, 0.2) is 72.3 Å². The molecule has 1 amide bonds. The van der Waals surface area contributed by atoms with Gasteiger partial charge in [-0.25, -0.2) is 0 Å². The third kappa shape index (κ3) is 6.24. The molecule has 0 bridgehead atoms. The highest BCUT2D eigenvalue weighted by molar-refractivity contribution is 5.94. The largest absolute Gasteiger partial charge is 0.337 e. The first-order valence-corrected chi connectivity index (χ1v) is 8.36. The van der Waals surface area contributed by atoms with Gasteiger partial charge in [-0.05, 0) is 30.5 Å². The molecule has 0 radical (unpaired) electrons. The second-order valence-corrected chi connectivity index (χ2v) is 5.68. The molecule has 2 aromatic carbocycles. The second-order valence-electron chi connectivity index (χ2n) is 5.68. The first-order chi connectivity index (χ1) is 12.7. The van der Waals surface area contributed by atoms with E-state index in [1.165, 1.54) is 0 Å². The van der Waals surface area contributed by atoms with Crippen molar-refractivity contribution in [3.8, 4) is 12.1 Å². The van der Waals surface area contributed by atoms with Crippen LogP contribution in [0.4, 0.5) is 0 Å². The average Bonchev–Trinajstić information content (AvgIpc) is 2.70. The van der Waals surface area contributed by atoms with E-state index in [-0.39, 0.29) is 17.6 Å². The number of nitrogens with one attached hydrogen (secondary N) is 2. The minimum atomic E-state index is -0.280. The van der Waals surface area contributed by atoms with Crippen LogP contribution >= 0.6 is 0 Å². The Balaban J connectivity index is 2.00. The number of hydrogen-bond donors (Lipinski definition) is 2. The summed E-state index contributed by atoms with van der Waals surface area (Å²) in [4.78, 5) is 12.4. The van der Waals surface area contributed by atoms with Crippen LogP contribution in [0.5, 0.6) is 0 Å². The van der Waals surface area contributed by atoms with E-state index in [4.69, 9.17) is 10.5 Å². The van der Waals surface area contributed by atoms with Gasteiger partial charge in [0.1, 0.15) is 17.7 Å². The predicted molar refractivity (Wildman–Crippen MR) is 99.5 cm³/mol. The number of carbonyl (C=O) groups is 1. The smallest absolute Gasteiger partial charge is 0.252 e. The molecule has 0 heterocycles. The number of allylic oxidation sites excluding steroid dienone is 2. The van der Waals surface area contributed by atoms with Crippen molar-refractivity contribution in [2.75, 3.05) is 0 Å². The number of nitrogens with zero attached hydrogens (tertiary/aromatic N) is 2. The Morgan fingerprint density at radius 1 is 1.00 bits per heavy atom. The summed E-state index contributed by atoms with van der Waals surface area (Å²) in [6.45, 7) is 0.605. The lowest BCUT2D eigenvalue weighted by Crippen LogP contribution is -2.45. The molecule has 1 atom stereocenters. The van der Waals surface area contributed by atoms with E-state index in [9.17, 15) is 4.79 Å². The second kappa shape index (κ2) is 10.5. The van der Waals surface area contributed by atoms with Gasteiger partial charge >= 0.3 is 0 Å². The molecule has 2 rings (SSSR count). The molecular formula is C21H20N4O. The van der Waals surface area contributed by atoms with Crippen molar-refractivity contribution in [1.82, 2.24) is 10.6 Å². The van der Waals surface area contributed by atoms with Crippen molar-refractivity contribution in [1.29, 1.82) is 10.5 Å². The number of amides is 1. The van der Waals surface area contributed by atoms with Crippen molar-refractivity contribution < 1.29 is 4.79 Å². The maximum Gasteiger partial charge on any atom is 0.252 e. The highest BCUT2D eigenvalue weighted by Gasteiger charge is 2.13. The summed E-state index contributed by atoms with van der Waals surface area (Å²) < 4.78 is 0. The summed E-state index contributed by atoms with van der Waals surface area (Å²) in [6.07, 6.45) is 2.39. The fourth-order valence-corrected chi connectivity index (χ4v) is 2.40. The van der Waals surface area contributed by atoms with Crippen LogP contribution in [-0.4, -0.2) is 12.1 Å². The van der Waals surface area contributed by atoms with Gasteiger partial charge in [-0.1, -0.05) is 54.6 Å². The van der Waals surface area contributed by atoms with Crippen LogP contribution in [-0.2, 0) is 6.54 Å². The zero-order chi connectivity index (χ0) is 18.6. The van der Waals surface area contributed by atoms with Crippen LogP contribution in [0.2, 0.25) is 0 Å². The summed E-state index contributed by atoms with van der Waals surface area (Å²) in [7, 11) is 0. The van der Waals surface area contributed by atoms with Crippen molar-refractivity contribution in [3.63, 3.8) is 0 Å². The van der Waals surface area contributed by atoms with Gasteiger partial charge in [0.2, 0.25) is 0 Å². The Labute approximate surface area is 153 Å². The molecule has 26 heavy (non-hydrogen) atoms. The minimum absolute atomic E-state index is 0.0844. The van der Waals surface area contributed by atoms with Crippen molar-refractivity contribution in [3.05, 3.63) is 83.4 Å². The Morgan fingerprint density at radius 3 is 2.23 bits per heavy atom. The quantitative estimate of drug-likeness (QED) is 0.568. The molecule has 1 unspecified atom stereocenters.